The highest BCUT2D eigenvalue weighted by atomic mass is 14.9. The summed E-state index contributed by atoms with van der Waals surface area (Å²) in [6.45, 7) is 4.67. The van der Waals surface area contributed by atoms with Crippen LogP contribution in [0.1, 0.15) is 30.5 Å². The fraction of sp³-hybridized carbons (Fsp3) is 0.0625. The van der Waals surface area contributed by atoms with Crippen LogP contribution in [0.3, 0.4) is 0 Å². The minimum Gasteiger partial charge on any atom is -0.228 e. The third-order valence-corrected chi connectivity index (χ3v) is 10.4. The first kappa shape index (κ1) is 30.4. The third kappa shape index (κ3) is 5.21. The van der Waals surface area contributed by atoms with Crippen LogP contribution >= 0.6 is 0 Å². The van der Waals surface area contributed by atoms with Crippen LogP contribution in [0.25, 0.3) is 78.1 Å². The molecule has 0 aliphatic heterocycles. The molecular weight excluding hydrogens is 619 g/mol. The Balaban J connectivity index is 1.19. The van der Waals surface area contributed by atoms with Crippen LogP contribution in [-0.4, -0.2) is 9.97 Å². The normalized spacial score (nSPS) is 12.6. The Bertz CT molecular complexity index is 2660. The van der Waals surface area contributed by atoms with Gasteiger partial charge >= 0.3 is 0 Å². The van der Waals surface area contributed by atoms with E-state index in [0.717, 1.165) is 44.6 Å². The number of rotatable bonds is 5. The summed E-state index contributed by atoms with van der Waals surface area (Å²) in [7, 11) is 0. The molecule has 0 spiro atoms. The summed E-state index contributed by atoms with van der Waals surface area (Å²) in [5.74, 6) is 0.681. The van der Waals surface area contributed by atoms with Crippen molar-refractivity contribution in [3.8, 4) is 73.4 Å². The molecule has 0 radical (unpaired) electrons. The zero-order valence-electron chi connectivity index (χ0n) is 28.4. The minimum atomic E-state index is -0.0692. The van der Waals surface area contributed by atoms with Crippen LogP contribution < -0.4 is 0 Å². The van der Waals surface area contributed by atoms with Gasteiger partial charge in [0.25, 0.3) is 0 Å². The molecule has 51 heavy (non-hydrogen) atoms. The number of nitriles is 1. The van der Waals surface area contributed by atoms with Gasteiger partial charge in [-0.1, -0.05) is 147 Å². The zero-order valence-corrected chi connectivity index (χ0v) is 28.4. The second-order valence-corrected chi connectivity index (χ2v) is 13.7. The maximum Gasteiger partial charge on any atom is 0.160 e. The fourth-order valence-electron chi connectivity index (χ4n) is 7.69. The molecule has 1 aromatic heterocycles. The van der Waals surface area contributed by atoms with Gasteiger partial charge in [-0.25, -0.2) is 9.97 Å². The molecule has 0 saturated heterocycles. The van der Waals surface area contributed by atoms with Crippen molar-refractivity contribution in [3.05, 3.63) is 180 Å². The monoisotopic (exact) mass is 651 g/mol. The van der Waals surface area contributed by atoms with Crippen LogP contribution in [0, 0.1) is 11.3 Å². The van der Waals surface area contributed by atoms with Crippen molar-refractivity contribution in [2.75, 3.05) is 0 Å². The van der Waals surface area contributed by atoms with Gasteiger partial charge in [-0.2, -0.15) is 5.26 Å². The maximum absolute atomic E-state index is 9.29. The Morgan fingerprint density at radius 3 is 1.84 bits per heavy atom. The fourth-order valence-corrected chi connectivity index (χ4v) is 7.69. The Kier molecular flexibility index (Phi) is 7.19. The van der Waals surface area contributed by atoms with Crippen molar-refractivity contribution < 1.29 is 0 Å². The first-order chi connectivity index (χ1) is 25.0. The lowest BCUT2D eigenvalue weighted by molar-refractivity contribution is 0.660. The van der Waals surface area contributed by atoms with Gasteiger partial charge in [0.05, 0.1) is 23.0 Å². The first-order valence-corrected chi connectivity index (χ1v) is 17.3. The molecule has 0 fully saturated rings. The van der Waals surface area contributed by atoms with Crippen molar-refractivity contribution in [1.29, 1.82) is 5.26 Å². The van der Waals surface area contributed by atoms with Crippen LogP contribution in [0.2, 0.25) is 0 Å². The van der Waals surface area contributed by atoms with Gasteiger partial charge in [-0.05, 0) is 85.6 Å². The van der Waals surface area contributed by atoms with Crippen LogP contribution in [0.5, 0.6) is 0 Å². The van der Waals surface area contributed by atoms with E-state index in [1.807, 2.05) is 42.5 Å². The van der Waals surface area contributed by atoms with Gasteiger partial charge in [0.15, 0.2) is 5.82 Å². The number of nitrogens with zero attached hydrogens (tertiary/aromatic N) is 3. The highest BCUT2D eigenvalue weighted by molar-refractivity contribution is 6.05. The summed E-state index contributed by atoms with van der Waals surface area (Å²) in [5, 5.41) is 11.6. The second-order valence-electron chi connectivity index (χ2n) is 13.7. The summed E-state index contributed by atoms with van der Waals surface area (Å²) in [5.41, 5.74) is 15.3. The van der Waals surface area contributed by atoms with Crippen LogP contribution in [0.15, 0.2) is 164 Å². The predicted octanol–water partition coefficient (Wildman–Crippen LogP) is 12.1. The molecule has 3 heteroatoms. The Morgan fingerprint density at radius 1 is 0.431 bits per heavy atom. The van der Waals surface area contributed by atoms with Gasteiger partial charge < -0.3 is 0 Å². The molecule has 1 heterocycles. The van der Waals surface area contributed by atoms with Crippen molar-refractivity contribution in [1.82, 2.24) is 9.97 Å². The Labute approximate surface area is 298 Å². The number of benzene rings is 7. The van der Waals surface area contributed by atoms with Crippen molar-refractivity contribution in [2.45, 2.75) is 19.3 Å². The minimum absolute atomic E-state index is 0.0692. The summed E-state index contributed by atoms with van der Waals surface area (Å²) >= 11 is 0. The molecule has 7 aromatic carbocycles. The topological polar surface area (TPSA) is 49.6 Å². The van der Waals surface area contributed by atoms with E-state index in [9.17, 15) is 5.26 Å². The van der Waals surface area contributed by atoms with Gasteiger partial charge in [-0.3, -0.25) is 0 Å². The highest BCUT2D eigenvalue weighted by Gasteiger charge is 2.35. The van der Waals surface area contributed by atoms with E-state index in [1.165, 1.54) is 38.8 Å². The van der Waals surface area contributed by atoms with E-state index in [4.69, 9.17) is 9.97 Å². The van der Waals surface area contributed by atoms with E-state index in [2.05, 4.69) is 141 Å². The lowest BCUT2D eigenvalue weighted by Crippen LogP contribution is -2.14. The average molecular weight is 652 g/mol. The van der Waals surface area contributed by atoms with Crippen molar-refractivity contribution in [3.63, 3.8) is 0 Å². The number of aromatic nitrogens is 2. The standard InChI is InChI=1S/C48H33N3/c1-48(2)43-18-9-8-17-40(43)41-24-23-35(28-44(41)48)37-25-26-42(39-16-7-6-15-38(37)39)46-29-45(50-47(51-46)33-11-4-3-5-12-33)36-14-10-13-34(27-36)32-21-19-31(30-49)20-22-32/h3-29H,1-2H3. The molecule has 3 nitrogen and oxygen atoms in total. The number of hydrogen-bond donors (Lipinski definition) is 0. The number of hydrogen-bond acceptors (Lipinski definition) is 3. The summed E-state index contributed by atoms with van der Waals surface area (Å²) in [6.07, 6.45) is 0. The highest BCUT2D eigenvalue weighted by Crippen LogP contribution is 2.50. The lowest BCUT2D eigenvalue weighted by Gasteiger charge is -2.22. The lowest BCUT2D eigenvalue weighted by atomic mass is 9.81. The summed E-state index contributed by atoms with van der Waals surface area (Å²) < 4.78 is 0. The third-order valence-electron chi connectivity index (χ3n) is 10.4. The molecule has 240 valence electrons. The molecule has 9 rings (SSSR count). The van der Waals surface area contributed by atoms with Gasteiger partial charge in [0.2, 0.25) is 0 Å². The average Bonchev–Trinajstić information content (AvgIpc) is 3.43. The Morgan fingerprint density at radius 2 is 1.04 bits per heavy atom. The molecular formula is C48H33N3. The van der Waals surface area contributed by atoms with Crippen LogP contribution in [0.4, 0.5) is 0 Å². The molecule has 8 aromatic rings. The van der Waals surface area contributed by atoms with E-state index in [-0.39, 0.29) is 5.41 Å². The van der Waals surface area contributed by atoms with E-state index >= 15 is 0 Å². The number of fused-ring (bicyclic) bond motifs is 4. The summed E-state index contributed by atoms with van der Waals surface area (Å²) in [4.78, 5) is 10.3. The van der Waals surface area contributed by atoms with Crippen LogP contribution in [-0.2, 0) is 5.41 Å². The molecule has 0 amide bonds. The molecule has 0 bridgehead atoms. The van der Waals surface area contributed by atoms with E-state index < -0.39 is 0 Å². The van der Waals surface area contributed by atoms with Gasteiger partial charge in [0, 0.05) is 22.1 Å². The summed E-state index contributed by atoms with van der Waals surface area (Å²) in [6, 6.07) is 59.5. The zero-order chi connectivity index (χ0) is 34.5. The SMILES string of the molecule is CC1(C)c2ccccc2-c2ccc(-c3ccc(-c4cc(-c5cccc(-c6ccc(C#N)cc6)c5)nc(-c5ccccc5)n4)c4ccccc34)cc21. The smallest absolute Gasteiger partial charge is 0.160 e. The quantitative estimate of drug-likeness (QED) is 0.186. The van der Waals surface area contributed by atoms with Crippen molar-refractivity contribution in [2.24, 2.45) is 0 Å². The molecule has 0 unspecified atom stereocenters. The largest absolute Gasteiger partial charge is 0.228 e. The maximum atomic E-state index is 9.29. The predicted molar refractivity (Wildman–Crippen MR) is 209 cm³/mol. The molecule has 1 aliphatic rings. The van der Waals surface area contributed by atoms with E-state index in [1.54, 1.807) is 0 Å². The van der Waals surface area contributed by atoms with Gasteiger partial charge in [-0.15, -0.1) is 0 Å². The van der Waals surface area contributed by atoms with Crippen molar-refractivity contribution >= 4 is 10.8 Å². The molecule has 0 atom stereocenters. The molecule has 0 saturated carbocycles. The van der Waals surface area contributed by atoms with E-state index in [0.29, 0.717) is 11.4 Å². The Hall–Kier alpha value is -6.63. The first-order valence-electron chi connectivity index (χ1n) is 17.3. The molecule has 0 N–H and O–H groups in total. The van der Waals surface area contributed by atoms with Gasteiger partial charge in [0.1, 0.15) is 0 Å². The molecule has 1 aliphatic carbocycles. The second kappa shape index (κ2) is 12.1.